The number of thiophene rings is 1. The molecule has 2 aromatic heterocycles. The molecule has 1 aliphatic rings. The van der Waals surface area contributed by atoms with Crippen molar-refractivity contribution in [2.75, 3.05) is 43.5 Å². The number of rotatable bonds is 8. The molecule has 2 aromatic rings. The Morgan fingerprint density at radius 1 is 1.24 bits per heavy atom. The van der Waals surface area contributed by atoms with Gasteiger partial charge in [-0.05, 0) is 37.6 Å². The Morgan fingerprint density at radius 3 is 2.72 bits per heavy atom. The van der Waals surface area contributed by atoms with Crippen LogP contribution in [0.25, 0.3) is 0 Å². The highest BCUT2D eigenvalue weighted by Crippen LogP contribution is 2.23. The molecule has 0 atom stereocenters. The van der Waals surface area contributed by atoms with Gasteiger partial charge in [-0.1, -0.05) is 0 Å². The summed E-state index contributed by atoms with van der Waals surface area (Å²) in [6, 6.07) is 3.28. The molecule has 158 valence electrons. The molecule has 11 heteroatoms. The predicted octanol–water partition coefficient (Wildman–Crippen LogP) is 2.01. The Hall–Kier alpha value is -2.24. The Balaban J connectivity index is 1.58. The van der Waals surface area contributed by atoms with Gasteiger partial charge >= 0.3 is 5.97 Å². The molecule has 0 unspecified atom stereocenters. The van der Waals surface area contributed by atoms with E-state index in [4.69, 9.17) is 0 Å². The second-order valence-electron chi connectivity index (χ2n) is 6.64. The number of esters is 1. The van der Waals surface area contributed by atoms with Crippen LogP contribution in [0.15, 0.2) is 22.4 Å². The number of sulfonamides is 1. The van der Waals surface area contributed by atoms with Gasteiger partial charge in [-0.2, -0.15) is 0 Å². The van der Waals surface area contributed by atoms with Crippen molar-refractivity contribution < 1.29 is 17.9 Å². The molecular weight excluding hydrogens is 414 g/mol. The van der Waals surface area contributed by atoms with E-state index in [1.54, 1.807) is 5.38 Å². The fourth-order valence-electron chi connectivity index (χ4n) is 3.13. The number of carbonyl (C=O) groups is 1. The van der Waals surface area contributed by atoms with Crippen LogP contribution >= 0.6 is 11.3 Å². The molecule has 0 amide bonds. The summed E-state index contributed by atoms with van der Waals surface area (Å²) in [5.41, 5.74) is 0. The number of anilines is 2. The molecule has 2 N–H and O–H groups in total. The van der Waals surface area contributed by atoms with E-state index in [9.17, 15) is 13.2 Å². The number of hydrogen-bond donors (Lipinski definition) is 2. The van der Waals surface area contributed by atoms with Crippen LogP contribution in [0.2, 0.25) is 0 Å². The van der Waals surface area contributed by atoms with Gasteiger partial charge in [0.15, 0.2) is 0 Å². The zero-order chi connectivity index (χ0) is 20.9. The first-order valence-corrected chi connectivity index (χ1v) is 11.8. The average Bonchev–Trinajstić information content (AvgIpc) is 3.22. The molecule has 1 fully saturated rings. The molecule has 3 heterocycles. The minimum absolute atomic E-state index is 0.0607. The van der Waals surface area contributed by atoms with Gasteiger partial charge in [0.2, 0.25) is 10.0 Å². The minimum atomic E-state index is -3.81. The fourth-order valence-corrected chi connectivity index (χ4v) is 5.50. The number of piperidine rings is 1. The fraction of sp³-hybridized carbons (Fsp3) is 0.500. The summed E-state index contributed by atoms with van der Waals surface area (Å²) >= 11 is 1.03. The summed E-state index contributed by atoms with van der Waals surface area (Å²) in [6.07, 6.45) is 3.56. The zero-order valence-electron chi connectivity index (χ0n) is 16.5. The predicted molar refractivity (Wildman–Crippen MR) is 112 cm³/mol. The van der Waals surface area contributed by atoms with Gasteiger partial charge in [-0.25, -0.2) is 27.9 Å². The summed E-state index contributed by atoms with van der Waals surface area (Å²) in [5.74, 6) is 1.54. The minimum Gasteiger partial charge on any atom is -0.465 e. The monoisotopic (exact) mass is 439 g/mol. The summed E-state index contributed by atoms with van der Waals surface area (Å²) < 4.78 is 32.1. The first kappa shape index (κ1) is 21.5. The quantitative estimate of drug-likeness (QED) is 0.474. The first-order valence-electron chi connectivity index (χ1n) is 9.40. The number of carbonyl (C=O) groups excluding carboxylic acids is 1. The molecule has 0 bridgehead atoms. The number of aryl methyl sites for hydroxylation is 1. The summed E-state index contributed by atoms with van der Waals surface area (Å²) in [5, 5.41) is 4.68. The van der Waals surface area contributed by atoms with E-state index in [2.05, 4.69) is 29.6 Å². The summed E-state index contributed by atoms with van der Waals surface area (Å²) in [4.78, 5) is 22.8. The van der Waals surface area contributed by atoms with Gasteiger partial charge in [0, 0.05) is 32.2 Å². The molecule has 0 aliphatic carbocycles. The van der Waals surface area contributed by atoms with Crippen molar-refractivity contribution in [2.24, 2.45) is 0 Å². The van der Waals surface area contributed by atoms with Gasteiger partial charge in [-0.3, -0.25) is 0 Å². The molecule has 0 aromatic carbocycles. The van der Waals surface area contributed by atoms with E-state index in [0.717, 1.165) is 43.1 Å². The maximum absolute atomic E-state index is 12.5. The summed E-state index contributed by atoms with van der Waals surface area (Å²) in [6.45, 7) is 4.29. The third-order valence-corrected chi connectivity index (χ3v) is 7.04. The lowest BCUT2D eigenvalue weighted by atomic mass is 10.1. The molecule has 0 saturated carbocycles. The Kier molecular flexibility index (Phi) is 7.04. The lowest BCUT2D eigenvalue weighted by Gasteiger charge is -2.28. The van der Waals surface area contributed by atoms with E-state index in [1.807, 2.05) is 13.0 Å². The Labute approximate surface area is 174 Å². The van der Waals surface area contributed by atoms with Crippen molar-refractivity contribution in [3.8, 4) is 0 Å². The van der Waals surface area contributed by atoms with E-state index in [1.165, 1.54) is 19.6 Å². The van der Waals surface area contributed by atoms with Crippen LogP contribution in [-0.4, -0.2) is 57.6 Å². The molecule has 9 nitrogen and oxygen atoms in total. The average molecular weight is 440 g/mol. The van der Waals surface area contributed by atoms with Crippen molar-refractivity contribution in [3.05, 3.63) is 28.2 Å². The molecule has 1 aliphatic heterocycles. The molecule has 0 radical (unpaired) electrons. The second kappa shape index (κ2) is 9.51. The van der Waals surface area contributed by atoms with E-state index in [0.29, 0.717) is 18.2 Å². The maximum Gasteiger partial charge on any atom is 0.349 e. The SMILES string of the molecule is COC(=O)c1sccc1S(=O)(=O)NCCNc1cc(N2CCCCC2)nc(C)n1. The van der Waals surface area contributed by atoms with Gasteiger partial charge in [0.25, 0.3) is 0 Å². The van der Waals surface area contributed by atoms with Gasteiger partial charge in [0.05, 0.1) is 7.11 Å². The van der Waals surface area contributed by atoms with Crippen LogP contribution in [0.1, 0.15) is 34.8 Å². The first-order chi connectivity index (χ1) is 13.9. The van der Waals surface area contributed by atoms with Crippen molar-refractivity contribution in [1.82, 2.24) is 14.7 Å². The lowest BCUT2D eigenvalue weighted by Crippen LogP contribution is -2.31. The number of methoxy groups -OCH3 is 1. The molecule has 0 spiro atoms. The Bertz CT molecular complexity index is 955. The summed E-state index contributed by atoms with van der Waals surface area (Å²) in [7, 11) is -2.59. The van der Waals surface area contributed by atoms with E-state index in [-0.39, 0.29) is 16.3 Å². The number of nitrogens with zero attached hydrogens (tertiary/aromatic N) is 3. The zero-order valence-corrected chi connectivity index (χ0v) is 18.1. The van der Waals surface area contributed by atoms with Crippen LogP contribution < -0.4 is 14.9 Å². The van der Waals surface area contributed by atoms with Crippen molar-refractivity contribution in [3.63, 3.8) is 0 Å². The number of ether oxygens (including phenoxy) is 1. The largest absolute Gasteiger partial charge is 0.465 e. The van der Waals surface area contributed by atoms with Crippen LogP contribution in [0.5, 0.6) is 0 Å². The highest BCUT2D eigenvalue weighted by molar-refractivity contribution is 7.89. The maximum atomic E-state index is 12.5. The topological polar surface area (TPSA) is 114 Å². The molecule has 3 rings (SSSR count). The van der Waals surface area contributed by atoms with E-state index >= 15 is 0 Å². The highest BCUT2D eigenvalue weighted by atomic mass is 32.2. The number of nitrogens with one attached hydrogen (secondary N) is 2. The van der Waals surface area contributed by atoms with Crippen LogP contribution in [0.3, 0.4) is 0 Å². The van der Waals surface area contributed by atoms with Gasteiger partial charge in [0.1, 0.15) is 27.2 Å². The van der Waals surface area contributed by atoms with Gasteiger partial charge < -0.3 is 15.0 Å². The smallest absolute Gasteiger partial charge is 0.349 e. The third-order valence-electron chi connectivity index (χ3n) is 4.52. The number of hydrogen-bond acceptors (Lipinski definition) is 9. The van der Waals surface area contributed by atoms with Crippen LogP contribution in [0.4, 0.5) is 11.6 Å². The van der Waals surface area contributed by atoms with Crippen molar-refractivity contribution in [1.29, 1.82) is 0 Å². The molecule has 29 heavy (non-hydrogen) atoms. The standard InChI is InChI=1S/C18H25N5O4S2/c1-13-21-15(12-16(22-13)23-9-4-3-5-10-23)19-7-8-20-29(25,26)14-6-11-28-17(14)18(24)27-2/h6,11-12,20H,3-5,7-10H2,1-2H3,(H,19,21,22). The second-order valence-corrected chi connectivity index (χ2v) is 9.29. The molecule has 1 saturated heterocycles. The normalized spacial score (nSPS) is 14.6. The molecular formula is C18H25N5O4S2. The third kappa shape index (κ3) is 5.43. The number of aromatic nitrogens is 2. The highest BCUT2D eigenvalue weighted by Gasteiger charge is 2.24. The van der Waals surface area contributed by atoms with Crippen molar-refractivity contribution >= 4 is 39.0 Å². The van der Waals surface area contributed by atoms with Crippen molar-refractivity contribution in [2.45, 2.75) is 31.1 Å². The van der Waals surface area contributed by atoms with Crippen LogP contribution in [-0.2, 0) is 14.8 Å². The van der Waals surface area contributed by atoms with Gasteiger partial charge in [-0.15, -0.1) is 11.3 Å². The van der Waals surface area contributed by atoms with Crippen LogP contribution in [0, 0.1) is 6.92 Å². The lowest BCUT2D eigenvalue weighted by molar-refractivity contribution is 0.0602. The Morgan fingerprint density at radius 2 is 2.00 bits per heavy atom. The van der Waals surface area contributed by atoms with E-state index < -0.39 is 16.0 Å².